The van der Waals surface area contributed by atoms with Gasteiger partial charge in [-0.2, -0.15) is 0 Å². The van der Waals surface area contributed by atoms with Crippen molar-refractivity contribution in [1.29, 1.82) is 0 Å². The average molecular weight is 271 g/mol. The molecule has 5 heteroatoms. The van der Waals surface area contributed by atoms with Gasteiger partial charge in [0, 0.05) is 25.0 Å². The monoisotopic (exact) mass is 271 g/mol. The van der Waals surface area contributed by atoms with Crippen LogP contribution < -0.4 is 5.32 Å². The zero-order valence-corrected chi connectivity index (χ0v) is 11.9. The third-order valence-corrected chi connectivity index (χ3v) is 4.04. The van der Waals surface area contributed by atoms with Crippen molar-refractivity contribution < 1.29 is 19.4 Å². The first-order valence-electron chi connectivity index (χ1n) is 7.22. The van der Waals surface area contributed by atoms with Gasteiger partial charge in [0.1, 0.15) is 5.54 Å². The molecule has 1 saturated heterocycles. The summed E-state index contributed by atoms with van der Waals surface area (Å²) in [6.07, 6.45) is 3.14. The lowest BCUT2D eigenvalue weighted by atomic mass is 9.96. The Labute approximate surface area is 114 Å². The smallest absolute Gasteiger partial charge is 0.324 e. The number of hydrogen-bond acceptors (Lipinski definition) is 4. The summed E-state index contributed by atoms with van der Waals surface area (Å²) in [5.74, 6) is -0.269. The van der Waals surface area contributed by atoms with Crippen LogP contribution in [0.2, 0.25) is 0 Å². The van der Waals surface area contributed by atoms with Crippen LogP contribution in [0.5, 0.6) is 0 Å². The van der Waals surface area contributed by atoms with Crippen molar-refractivity contribution >= 4 is 5.97 Å². The number of hydrogen-bond donors (Lipinski definition) is 2. The first-order chi connectivity index (χ1) is 9.02. The van der Waals surface area contributed by atoms with Crippen molar-refractivity contribution in [3.05, 3.63) is 0 Å². The van der Waals surface area contributed by atoms with Gasteiger partial charge in [0.15, 0.2) is 0 Å². The van der Waals surface area contributed by atoms with Crippen molar-refractivity contribution in [2.75, 3.05) is 19.8 Å². The van der Waals surface area contributed by atoms with Crippen molar-refractivity contribution in [3.8, 4) is 0 Å². The van der Waals surface area contributed by atoms with Gasteiger partial charge >= 0.3 is 5.97 Å². The van der Waals surface area contributed by atoms with E-state index >= 15 is 0 Å². The van der Waals surface area contributed by atoms with E-state index in [1.54, 1.807) is 0 Å². The van der Waals surface area contributed by atoms with E-state index in [1.165, 1.54) is 0 Å². The molecule has 3 unspecified atom stereocenters. The fourth-order valence-electron chi connectivity index (χ4n) is 3.07. The van der Waals surface area contributed by atoms with Crippen LogP contribution in [-0.2, 0) is 14.3 Å². The summed E-state index contributed by atoms with van der Waals surface area (Å²) in [6, 6.07) is 0.165. The van der Waals surface area contributed by atoms with Gasteiger partial charge in [0.2, 0.25) is 0 Å². The molecule has 0 aromatic rings. The fourth-order valence-corrected chi connectivity index (χ4v) is 3.07. The van der Waals surface area contributed by atoms with Crippen LogP contribution in [0.15, 0.2) is 0 Å². The van der Waals surface area contributed by atoms with Crippen molar-refractivity contribution in [1.82, 2.24) is 5.32 Å². The molecule has 2 aliphatic rings. The van der Waals surface area contributed by atoms with E-state index < -0.39 is 11.5 Å². The number of aliphatic carboxylic acids is 1. The van der Waals surface area contributed by atoms with Crippen LogP contribution in [0.4, 0.5) is 0 Å². The first-order valence-corrected chi connectivity index (χ1v) is 7.22. The lowest BCUT2D eigenvalue weighted by Crippen LogP contribution is -2.53. The molecule has 1 aliphatic carbocycles. The topological polar surface area (TPSA) is 67.8 Å². The van der Waals surface area contributed by atoms with Crippen LogP contribution in [0.3, 0.4) is 0 Å². The van der Waals surface area contributed by atoms with E-state index in [4.69, 9.17) is 9.47 Å². The quantitative estimate of drug-likeness (QED) is 0.764. The minimum atomic E-state index is -0.801. The second-order valence-corrected chi connectivity index (χ2v) is 6.11. The molecule has 3 atom stereocenters. The van der Waals surface area contributed by atoms with E-state index in [1.807, 2.05) is 13.8 Å². The molecule has 0 spiro atoms. The van der Waals surface area contributed by atoms with Crippen molar-refractivity contribution in [2.24, 2.45) is 5.92 Å². The number of carbonyl (C=O) groups is 1. The molecule has 5 nitrogen and oxygen atoms in total. The molecule has 0 bridgehead atoms. The third-order valence-electron chi connectivity index (χ3n) is 4.04. The summed E-state index contributed by atoms with van der Waals surface area (Å²) < 4.78 is 11.2. The van der Waals surface area contributed by atoms with E-state index in [2.05, 4.69) is 5.32 Å². The maximum atomic E-state index is 11.5. The van der Waals surface area contributed by atoms with Crippen LogP contribution in [0.25, 0.3) is 0 Å². The molecule has 1 aliphatic heterocycles. The molecule has 2 rings (SSSR count). The Bertz CT molecular complexity index is 315. The van der Waals surface area contributed by atoms with Gasteiger partial charge in [0.25, 0.3) is 0 Å². The van der Waals surface area contributed by atoms with E-state index in [0.717, 1.165) is 26.1 Å². The Morgan fingerprint density at radius 1 is 1.53 bits per heavy atom. The van der Waals surface area contributed by atoms with Crippen LogP contribution in [-0.4, -0.2) is 48.6 Å². The van der Waals surface area contributed by atoms with Gasteiger partial charge in [-0.15, -0.1) is 0 Å². The summed E-state index contributed by atoms with van der Waals surface area (Å²) in [5.41, 5.74) is -0.801. The van der Waals surface area contributed by atoms with Gasteiger partial charge in [-0.05, 0) is 33.1 Å². The zero-order valence-electron chi connectivity index (χ0n) is 11.9. The largest absolute Gasteiger partial charge is 0.480 e. The number of nitrogens with one attached hydrogen (secondary N) is 1. The number of carboxylic acid groups (broad SMARTS) is 1. The number of carboxylic acids is 1. The SMILES string of the molecule is CC(C)NC1(C(=O)O)CCC(OCC2CCOC2)C1. The van der Waals surface area contributed by atoms with Gasteiger partial charge in [-0.3, -0.25) is 10.1 Å². The third kappa shape index (κ3) is 3.68. The molecule has 0 aromatic carbocycles. The predicted octanol–water partition coefficient (Wildman–Crippen LogP) is 1.41. The molecule has 0 radical (unpaired) electrons. The molecule has 1 heterocycles. The zero-order chi connectivity index (χ0) is 13.9. The molecule has 110 valence electrons. The van der Waals surface area contributed by atoms with Crippen LogP contribution >= 0.6 is 0 Å². The summed E-state index contributed by atoms with van der Waals surface area (Å²) in [6.45, 7) is 6.26. The maximum Gasteiger partial charge on any atom is 0.324 e. The van der Waals surface area contributed by atoms with Crippen LogP contribution in [0, 0.1) is 5.92 Å². The summed E-state index contributed by atoms with van der Waals surface area (Å²) in [4.78, 5) is 11.5. The molecular weight excluding hydrogens is 246 g/mol. The molecule has 2 N–H and O–H groups in total. The Kier molecular flexibility index (Phi) is 4.81. The Hall–Kier alpha value is -0.650. The highest BCUT2D eigenvalue weighted by Gasteiger charge is 2.46. The molecule has 0 amide bonds. The van der Waals surface area contributed by atoms with Gasteiger partial charge in [-0.1, -0.05) is 0 Å². The summed E-state index contributed by atoms with van der Waals surface area (Å²) in [7, 11) is 0. The predicted molar refractivity (Wildman–Crippen MR) is 71.2 cm³/mol. The second-order valence-electron chi connectivity index (χ2n) is 6.11. The Balaban J connectivity index is 1.83. The highest BCUT2D eigenvalue weighted by molar-refractivity contribution is 5.79. The lowest BCUT2D eigenvalue weighted by Gasteiger charge is -2.28. The number of rotatable bonds is 6. The maximum absolute atomic E-state index is 11.5. The molecule has 2 fully saturated rings. The summed E-state index contributed by atoms with van der Waals surface area (Å²) in [5, 5.41) is 12.7. The van der Waals surface area contributed by atoms with Crippen LogP contribution in [0.1, 0.15) is 39.5 Å². The first kappa shape index (κ1) is 14.8. The fraction of sp³-hybridized carbons (Fsp3) is 0.929. The Morgan fingerprint density at radius 3 is 2.89 bits per heavy atom. The van der Waals surface area contributed by atoms with E-state index in [-0.39, 0.29) is 12.1 Å². The second kappa shape index (κ2) is 6.20. The van der Waals surface area contributed by atoms with Crippen molar-refractivity contribution in [3.63, 3.8) is 0 Å². The van der Waals surface area contributed by atoms with Gasteiger partial charge in [0.05, 0.1) is 19.3 Å². The average Bonchev–Trinajstić information content (AvgIpc) is 2.95. The van der Waals surface area contributed by atoms with E-state index in [0.29, 0.717) is 25.4 Å². The van der Waals surface area contributed by atoms with Gasteiger partial charge in [-0.25, -0.2) is 0 Å². The van der Waals surface area contributed by atoms with Crippen molar-refractivity contribution in [2.45, 2.75) is 57.2 Å². The van der Waals surface area contributed by atoms with Gasteiger partial charge < -0.3 is 14.6 Å². The molecule has 1 saturated carbocycles. The highest BCUT2D eigenvalue weighted by Crippen LogP contribution is 2.33. The normalized spacial score (nSPS) is 35.1. The highest BCUT2D eigenvalue weighted by atomic mass is 16.5. The Morgan fingerprint density at radius 2 is 2.32 bits per heavy atom. The minimum absolute atomic E-state index is 0.0583. The summed E-state index contributed by atoms with van der Waals surface area (Å²) >= 11 is 0. The standard InChI is InChI=1S/C14H25NO4/c1-10(2)15-14(13(16)17)5-3-12(7-14)19-9-11-4-6-18-8-11/h10-12,15H,3-9H2,1-2H3,(H,16,17). The molecular formula is C14H25NO4. The molecule has 0 aromatic heterocycles. The number of ether oxygens (including phenoxy) is 2. The lowest BCUT2D eigenvalue weighted by molar-refractivity contribution is -0.145. The minimum Gasteiger partial charge on any atom is -0.480 e. The molecule has 19 heavy (non-hydrogen) atoms. The van der Waals surface area contributed by atoms with E-state index in [9.17, 15) is 9.90 Å².